The van der Waals surface area contributed by atoms with E-state index in [9.17, 15) is 33.9 Å². The lowest BCUT2D eigenvalue weighted by Gasteiger charge is -2.56. The van der Waals surface area contributed by atoms with E-state index in [-0.39, 0.29) is 39.7 Å². The molecule has 8 nitrogen and oxygen atoms in total. The third-order valence-corrected chi connectivity index (χ3v) is 47.4. The molecule has 770 valence electrons. The molecule has 11 fully saturated rings. The van der Waals surface area contributed by atoms with E-state index in [4.69, 9.17) is 4.74 Å². The number of ketones is 4. The van der Waals surface area contributed by atoms with Gasteiger partial charge in [0.15, 0.2) is 23.1 Å². The third kappa shape index (κ3) is 19.5. The molecule has 0 aromatic rings. The molecular weight excluding hydrogens is 1710 g/mol. The second-order valence-electron chi connectivity index (χ2n) is 54.9. The fraction of sp³-hybridized carbons (Fsp3) is 0.742. The predicted molar refractivity (Wildman–Crippen MR) is 579 cm³/mol. The van der Waals surface area contributed by atoms with Crippen molar-refractivity contribution in [1.29, 1.82) is 0 Å². The third-order valence-electron chi connectivity index (χ3n) is 47.4. The van der Waals surface area contributed by atoms with E-state index in [0.29, 0.717) is 176 Å². The Balaban J connectivity index is 0.000000126. The summed E-state index contributed by atoms with van der Waals surface area (Å²) >= 11 is 0. The van der Waals surface area contributed by atoms with Gasteiger partial charge in [-0.05, 0) is 448 Å². The van der Waals surface area contributed by atoms with Crippen molar-refractivity contribution in [2.45, 2.75) is 385 Å². The molecule has 0 spiro atoms. The average Bonchev–Trinajstić information content (AvgIpc) is 1.49. The maximum atomic E-state index is 12.0. The smallest absolute Gasteiger partial charge is 0.330 e. The SMILES string of the molecule is CC(C)C(C)/C=C/[C@@H](C)C1CCC2C3=CCC4=CC(=O)CC[C@]4(C)C3CC[C@@]21C.CC(C)C(C)/C=C/[C@@H](C)[C@H]1CCC2C3=CC=C4C[C@@H](O)CC[C@]4(C)C3CC[C@@]21C.CC(C)C(C)/C=C/[C@@H](C)[C@H]1CCC2C3C=CC4=CC(=O)CC[C@]4(C)C3CC[C@@]21C.CCOC(=O)/C=C/[C@@H](C)[C@H]1CCC2C3C=CC4=CC(=O)CC[C@]4(C)C3CC[C@@]21C.C[C@H](C=O)[C@H]1CCC2C3C=CC4=CC(=O)CC[C@]4(C)C3CC[C@@]21C. The van der Waals surface area contributed by atoms with Gasteiger partial charge >= 0.3 is 5.97 Å². The first-order chi connectivity index (χ1) is 66.2. The van der Waals surface area contributed by atoms with Crippen molar-refractivity contribution in [1.82, 2.24) is 0 Å². The fourth-order valence-corrected chi connectivity index (χ4v) is 37.1. The van der Waals surface area contributed by atoms with Crippen molar-refractivity contribution < 1.29 is 38.6 Å². The topological polar surface area (TPSA) is 132 Å². The second-order valence-corrected chi connectivity index (χ2v) is 54.9. The number of aliphatic hydroxyl groups is 1. The van der Waals surface area contributed by atoms with Gasteiger partial charge in [-0.15, -0.1) is 0 Å². The maximum Gasteiger partial charge on any atom is 0.330 e. The Bertz CT molecular complexity index is 5040. The van der Waals surface area contributed by atoms with Crippen LogP contribution in [0.25, 0.3) is 0 Å². The van der Waals surface area contributed by atoms with Crippen molar-refractivity contribution in [2.24, 2.45) is 226 Å². The number of hydrogen-bond donors (Lipinski definition) is 1. The highest BCUT2D eigenvalue weighted by molar-refractivity contribution is 5.94. The summed E-state index contributed by atoms with van der Waals surface area (Å²) in [6, 6.07) is 0. The summed E-state index contributed by atoms with van der Waals surface area (Å²) in [6.07, 6.45) is 86.9. The van der Waals surface area contributed by atoms with Crippen LogP contribution in [0.1, 0.15) is 379 Å². The Morgan fingerprint density at radius 3 is 1.09 bits per heavy atom. The highest BCUT2D eigenvalue weighted by atomic mass is 16.5. The van der Waals surface area contributed by atoms with Crippen LogP contribution in [-0.4, -0.2) is 53.2 Å². The fourth-order valence-electron chi connectivity index (χ4n) is 37.1. The highest BCUT2D eigenvalue weighted by Crippen LogP contribution is 2.73. The quantitative estimate of drug-likeness (QED) is 0.0621. The molecule has 0 aliphatic heterocycles. The zero-order valence-corrected chi connectivity index (χ0v) is 92.7. The number of aliphatic hydroxyl groups excluding tert-OH is 1. The lowest BCUT2D eigenvalue weighted by molar-refractivity contribution is -0.137. The van der Waals surface area contributed by atoms with E-state index < -0.39 is 0 Å². The molecule has 17 unspecified atom stereocenters. The van der Waals surface area contributed by atoms with Crippen LogP contribution in [0.2, 0.25) is 0 Å². The van der Waals surface area contributed by atoms with Crippen LogP contribution in [0, 0.1) is 226 Å². The van der Waals surface area contributed by atoms with Crippen molar-refractivity contribution in [3.63, 3.8) is 0 Å². The molecule has 0 saturated heterocycles. The molecule has 0 aromatic heterocycles. The van der Waals surface area contributed by atoms with E-state index in [0.717, 1.165) is 123 Å². The Kier molecular flexibility index (Phi) is 31.8. The van der Waals surface area contributed by atoms with Crippen molar-refractivity contribution in [2.75, 3.05) is 6.61 Å². The van der Waals surface area contributed by atoms with Crippen LogP contribution in [0.4, 0.5) is 0 Å². The number of carbonyl (C=O) groups is 6. The average molecular weight is 1910 g/mol. The number of allylic oxidation sites excluding steroid dienone is 26. The lowest BCUT2D eigenvalue weighted by Crippen LogP contribution is -2.49. The first-order valence-corrected chi connectivity index (χ1v) is 58.4. The van der Waals surface area contributed by atoms with Crippen molar-refractivity contribution >= 4 is 35.4 Å². The van der Waals surface area contributed by atoms with Gasteiger partial charge in [-0.3, -0.25) is 19.2 Å². The van der Waals surface area contributed by atoms with Gasteiger partial charge in [-0.2, -0.15) is 0 Å². The van der Waals surface area contributed by atoms with Crippen molar-refractivity contribution in [3.05, 3.63) is 167 Å². The molecule has 20 aliphatic rings. The molecule has 0 radical (unpaired) electrons. The molecule has 8 heteroatoms. The van der Waals surface area contributed by atoms with E-state index >= 15 is 0 Å². The van der Waals surface area contributed by atoms with Gasteiger partial charge in [0, 0.05) is 37.7 Å². The van der Waals surface area contributed by atoms with E-state index in [2.05, 4.69) is 263 Å². The molecule has 1 N–H and O–H groups in total. The van der Waals surface area contributed by atoms with Gasteiger partial charge in [-0.25, -0.2) is 4.79 Å². The Morgan fingerprint density at radius 1 is 0.357 bits per heavy atom. The summed E-state index contributed by atoms with van der Waals surface area (Å²) in [5.74, 6) is 20.6. The van der Waals surface area contributed by atoms with E-state index in [1.165, 1.54) is 169 Å². The van der Waals surface area contributed by atoms with Gasteiger partial charge in [-0.1, -0.05) is 286 Å². The number of esters is 1. The minimum Gasteiger partial charge on any atom is -0.463 e. The summed E-state index contributed by atoms with van der Waals surface area (Å²) in [7, 11) is 0. The molecule has 140 heavy (non-hydrogen) atoms. The maximum absolute atomic E-state index is 12.0. The second kappa shape index (κ2) is 41.7. The van der Waals surface area contributed by atoms with E-state index in [1.54, 1.807) is 17.2 Å². The first-order valence-electron chi connectivity index (χ1n) is 58.4. The summed E-state index contributed by atoms with van der Waals surface area (Å²) < 4.78 is 5.06. The van der Waals surface area contributed by atoms with Gasteiger partial charge in [0.2, 0.25) is 0 Å². The van der Waals surface area contributed by atoms with Crippen LogP contribution in [-0.2, 0) is 33.5 Å². The van der Waals surface area contributed by atoms with Crippen molar-refractivity contribution in [3.8, 4) is 0 Å². The number of fused-ring (bicyclic) bond motifs is 25. The minimum atomic E-state index is -0.225. The molecule has 11 saturated carbocycles. The minimum absolute atomic E-state index is 0.116. The van der Waals surface area contributed by atoms with Crippen LogP contribution in [0.5, 0.6) is 0 Å². The van der Waals surface area contributed by atoms with Crippen LogP contribution in [0.3, 0.4) is 0 Å². The van der Waals surface area contributed by atoms with E-state index in [1.807, 2.05) is 31.2 Å². The Hall–Kier alpha value is -5.86. The summed E-state index contributed by atoms with van der Waals surface area (Å²) in [6.45, 7) is 60.2. The molecule has 0 amide bonds. The van der Waals surface area contributed by atoms with Gasteiger partial charge < -0.3 is 14.6 Å². The number of rotatable bonds is 18. The molecule has 37 atom stereocenters. The van der Waals surface area contributed by atoms with Gasteiger partial charge in [0.05, 0.1) is 12.7 Å². The molecule has 0 bridgehead atoms. The highest BCUT2D eigenvalue weighted by Gasteiger charge is 2.65. The number of carbonyl (C=O) groups excluding carboxylic acids is 6. The molecular formula is C132H194O8. The first kappa shape index (κ1) is 107. The zero-order chi connectivity index (χ0) is 101. The summed E-state index contributed by atoms with van der Waals surface area (Å²) in [5, 5.41) is 10.2. The number of hydrogen-bond acceptors (Lipinski definition) is 8. The normalized spacial score (nSPS) is 43.7. The van der Waals surface area contributed by atoms with Crippen LogP contribution >= 0.6 is 0 Å². The summed E-state index contributed by atoms with van der Waals surface area (Å²) in [5.41, 5.74) is 13.5. The standard InChI is InChI=1S/C28H44O.2C28H42O.C26H36O3.C22H30O2/c3*1-18(2)19(3)7-8-20(4)24-11-12-25-23-10-9-21-17-22(29)13-15-27(21,5)26(23)14-16-28(24,25)6;1-5-29-24(28)11-6-17(2)21-9-10-22-20-8-7-18-16-19(27)12-14-25(18,3)23(20)13-15-26(21,22)4;1-14(13-23)18-6-7-19-17-5-4-15-12-16(24)8-10-21(15,2)20(17)9-11-22(18,19)3/h7-10,18-20,22,24-26,29H,11-17H2,1-6H3;7-8,10,17-20,24-26H,9,11-16H2,1-6H3;7-10,17-20,23-26H,11-16H2,1-6H3;6-8,11,16-17,20-23H,5,9-10,12-15H2,1-4H3;4-5,12-14,17-20H,6-11H2,1-3H3/b3*8-7+;11-6+;/t19?,20-,22+,24-,25?,26?,27+,28-;19?,20-,24?,25?,26?,27+,28-;19?,20-,23?,24-,25?,26?,27+,28-;17-,20?,21-,22?,23?,25+,26-;14-,17?,18-,19?,20?,21+,22-/m11111/s1. The monoisotopic (exact) mass is 1910 g/mol. The van der Waals surface area contributed by atoms with Gasteiger partial charge in [0.1, 0.15) is 6.29 Å². The predicted octanol–water partition coefficient (Wildman–Crippen LogP) is 32.7. The lowest BCUT2D eigenvalue weighted by atomic mass is 9.48. The van der Waals surface area contributed by atoms with Crippen LogP contribution in [0.15, 0.2) is 167 Å². The molecule has 20 aliphatic carbocycles. The number of aldehydes is 1. The molecule has 20 rings (SSSR count). The largest absolute Gasteiger partial charge is 0.463 e. The number of ether oxygens (including phenoxy) is 1. The molecule has 0 aromatic carbocycles. The zero-order valence-electron chi connectivity index (χ0n) is 92.7. The molecule has 0 heterocycles. The van der Waals surface area contributed by atoms with Gasteiger partial charge in [0.25, 0.3) is 0 Å². The van der Waals surface area contributed by atoms with Crippen LogP contribution < -0.4 is 0 Å². The Labute approximate surface area is 852 Å². The Morgan fingerprint density at radius 2 is 0.700 bits per heavy atom. The summed E-state index contributed by atoms with van der Waals surface area (Å²) in [4.78, 5) is 71.0.